The molecule has 0 spiro atoms. The Morgan fingerprint density at radius 1 is 1.44 bits per heavy atom. The normalized spacial score (nSPS) is 37.3. The first kappa shape index (κ1) is 9.21. The van der Waals surface area contributed by atoms with Crippen LogP contribution in [0.25, 0.3) is 0 Å². The number of rotatable bonds is 1. The summed E-state index contributed by atoms with van der Waals surface area (Å²) < 4.78 is 0.726. The molecule has 0 aromatic rings. The molecule has 1 heterocycles. The molecule has 0 aromatic heterocycles. The lowest BCUT2D eigenvalue weighted by molar-refractivity contribution is -0.891. The smallest absolute Gasteiger partial charge is 0.279 e. The minimum absolute atomic E-state index is 0. The Labute approximate surface area is 62.7 Å². The fourth-order valence-electron chi connectivity index (χ4n) is 0.917. The van der Waals surface area contributed by atoms with Gasteiger partial charge in [-0.1, -0.05) is 6.92 Å². The Morgan fingerprint density at radius 3 is 1.78 bits per heavy atom. The summed E-state index contributed by atoms with van der Waals surface area (Å²) in [6, 6.07) is 0. The summed E-state index contributed by atoms with van der Waals surface area (Å²) >= 11 is 0. The molecule has 3 heteroatoms. The van der Waals surface area contributed by atoms with E-state index in [-0.39, 0.29) is 18.1 Å². The lowest BCUT2D eigenvalue weighted by Gasteiger charge is -2.00. The summed E-state index contributed by atoms with van der Waals surface area (Å²) in [7, 11) is 4.15. The maximum absolute atomic E-state index is 5.38. The summed E-state index contributed by atoms with van der Waals surface area (Å²) in [6.07, 6.45) is 1.10. The van der Waals surface area contributed by atoms with Crippen molar-refractivity contribution in [3.05, 3.63) is 0 Å². The molecule has 2 nitrogen and oxygen atoms in total. The first-order valence-electron chi connectivity index (χ1n) is 3.07. The van der Waals surface area contributed by atoms with Gasteiger partial charge in [0.1, 0.15) is 14.1 Å². The number of nitrogens with zero attached hydrogens (tertiary/aromatic N) is 1. The third-order valence-electron chi connectivity index (χ3n) is 2.19. The van der Waals surface area contributed by atoms with E-state index in [9.17, 15) is 0 Å². The molecule has 1 atom stereocenters. The molecule has 0 aliphatic carbocycles. The summed E-state index contributed by atoms with van der Waals surface area (Å²) in [6.45, 7) is 4.28. The van der Waals surface area contributed by atoms with E-state index >= 15 is 0 Å². The summed E-state index contributed by atoms with van der Waals surface area (Å²) in [4.78, 5) is 5.38. The second-order valence-corrected chi connectivity index (χ2v) is 2.97. The van der Waals surface area contributed by atoms with Gasteiger partial charge in [-0.05, 0) is 0 Å². The van der Waals surface area contributed by atoms with Crippen LogP contribution in [0.3, 0.4) is 0 Å². The van der Waals surface area contributed by atoms with Crippen molar-refractivity contribution in [1.29, 1.82) is 0 Å². The molecule has 0 radical (unpaired) electrons. The minimum Gasteiger partial charge on any atom is -1.00 e. The number of hydroxylamine groups is 3. The third-order valence-corrected chi connectivity index (χ3v) is 2.19. The van der Waals surface area contributed by atoms with Crippen molar-refractivity contribution in [2.75, 3.05) is 14.1 Å². The zero-order chi connectivity index (χ0) is 6.41. The van der Waals surface area contributed by atoms with Crippen molar-refractivity contribution in [3.63, 3.8) is 0 Å². The fraction of sp³-hybridized carbons (Fsp3) is 1.00. The highest BCUT2D eigenvalue weighted by atomic mass is 35.5. The molecule has 9 heavy (non-hydrogen) atoms. The average molecular weight is 152 g/mol. The molecule has 1 aliphatic heterocycles. The highest BCUT2D eigenvalue weighted by molar-refractivity contribution is 4.63. The molecule has 0 aromatic carbocycles. The lowest BCUT2D eigenvalue weighted by atomic mass is 10.2. The molecule has 1 fully saturated rings. The number of hydrogen-bond donors (Lipinski definition) is 0. The van der Waals surface area contributed by atoms with Gasteiger partial charge in [0.2, 0.25) is 0 Å². The van der Waals surface area contributed by atoms with Crippen LogP contribution >= 0.6 is 0 Å². The predicted octanol–water partition coefficient (Wildman–Crippen LogP) is -1.86. The fourth-order valence-corrected chi connectivity index (χ4v) is 0.917. The second-order valence-electron chi connectivity index (χ2n) is 2.97. The SMILES string of the molecule is CCC1(C)O[N+]1(C)C.[Cl-]. The first-order valence-corrected chi connectivity index (χ1v) is 3.07. The Bertz CT molecular complexity index is 116. The van der Waals surface area contributed by atoms with E-state index in [4.69, 9.17) is 4.84 Å². The van der Waals surface area contributed by atoms with Gasteiger partial charge < -0.3 is 12.4 Å². The van der Waals surface area contributed by atoms with Crippen LogP contribution < -0.4 is 12.4 Å². The van der Waals surface area contributed by atoms with E-state index < -0.39 is 0 Å². The Balaban J connectivity index is 0.000000640. The van der Waals surface area contributed by atoms with Crippen LogP contribution in [-0.2, 0) is 4.84 Å². The maximum Gasteiger partial charge on any atom is 0.279 e. The van der Waals surface area contributed by atoms with Crippen LogP contribution in [0.1, 0.15) is 20.3 Å². The van der Waals surface area contributed by atoms with Crippen LogP contribution in [-0.4, -0.2) is 24.5 Å². The molecule has 0 bridgehead atoms. The van der Waals surface area contributed by atoms with Gasteiger partial charge in [-0.3, -0.25) is 0 Å². The predicted molar refractivity (Wildman–Crippen MR) is 31.9 cm³/mol. The van der Waals surface area contributed by atoms with E-state index in [0.29, 0.717) is 0 Å². The van der Waals surface area contributed by atoms with E-state index in [2.05, 4.69) is 27.9 Å². The quantitative estimate of drug-likeness (QED) is 0.316. The molecule has 0 saturated carbocycles. The first-order chi connectivity index (χ1) is 3.52. The average Bonchev–Trinajstić information content (AvgIpc) is 2.10. The monoisotopic (exact) mass is 151 g/mol. The Morgan fingerprint density at radius 2 is 1.78 bits per heavy atom. The minimum atomic E-state index is 0. The van der Waals surface area contributed by atoms with Crippen molar-refractivity contribution < 1.29 is 21.9 Å². The highest BCUT2D eigenvalue weighted by Crippen LogP contribution is 2.42. The highest BCUT2D eigenvalue weighted by Gasteiger charge is 2.63. The Kier molecular flexibility index (Phi) is 2.16. The number of quaternary nitrogens is 1. The molecule has 56 valence electrons. The standard InChI is InChI=1S/C6H14NO.ClH/c1-5-6(2)7(3,4)8-6;/h5H2,1-4H3;1H/q+1;/p-1. The van der Waals surface area contributed by atoms with Crippen molar-refractivity contribution in [1.82, 2.24) is 0 Å². The van der Waals surface area contributed by atoms with Crippen molar-refractivity contribution in [2.45, 2.75) is 26.0 Å². The zero-order valence-electron chi connectivity index (χ0n) is 6.44. The van der Waals surface area contributed by atoms with E-state index in [0.717, 1.165) is 11.1 Å². The van der Waals surface area contributed by atoms with Crippen LogP contribution in [0, 0.1) is 0 Å². The van der Waals surface area contributed by atoms with E-state index in [1.807, 2.05) is 0 Å². The van der Waals surface area contributed by atoms with Gasteiger partial charge in [-0.2, -0.15) is 0 Å². The molecule has 1 unspecified atom stereocenters. The molecule has 0 N–H and O–H groups in total. The summed E-state index contributed by atoms with van der Waals surface area (Å²) in [5, 5.41) is 0. The Hall–Kier alpha value is 0.210. The maximum atomic E-state index is 5.38. The lowest BCUT2D eigenvalue weighted by Crippen LogP contribution is -3.00. The van der Waals surface area contributed by atoms with E-state index in [1.165, 1.54) is 0 Å². The van der Waals surface area contributed by atoms with Crippen LogP contribution in [0.15, 0.2) is 0 Å². The molecule has 0 amide bonds. The summed E-state index contributed by atoms with van der Waals surface area (Å²) in [5.74, 6) is 0. The largest absolute Gasteiger partial charge is 1.00 e. The van der Waals surface area contributed by atoms with Crippen molar-refractivity contribution in [3.8, 4) is 0 Å². The van der Waals surface area contributed by atoms with Crippen molar-refractivity contribution in [2.24, 2.45) is 0 Å². The third kappa shape index (κ3) is 1.20. The zero-order valence-corrected chi connectivity index (χ0v) is 7.20. The van der Waals surface area contributed by atoms with Gasteiger partial charge in [0.05, 0.1) is 0 Å². The van der Waals surface area contributed by atoms with Crippen LogP contribution in [0.5, 0.6) is 0 Å². The van der Waals surface area contributed by atoms with Gasteiger partial charge in [-0.15, -0.1) is 9.48 Å². The molecule has 1 aliphatic rings. The van der Waals surface area contributed by atoms with Crippen LogP contribution in [0.2, 0.25) is 0 Å². The topological polar surface area (TPSA) is 12.5 Å². The van der Waals surface area contributed by atoms with Gasteiger partial charge in [0.25, 0.3) is 5.72 Å². The molecular weight excluding hydrogens is 138 g/mol. The molecular formula is C6H14ClNO. The summed E-state index contributed by atoms with van der Waals surface area (Å²) in [5.41, 5.74) is 0.125. The van der Waals surface area contributed by atoms with Gasteiger partial charge in [0.15, 0.2) is 0 Å². The number of halogens is 1. The van der Waals surface area contributed by atoms with Gasteiger partial charge in [0, 0.05) is 13.3 Å². The van der Waals surface area contributed by atoms with Gasteiger partial charge >= 0.3 is 0 Å². The number of hydrogen-bond acceptors (Lipinski definition) is 1. The van der Waals surface area contributed by atoms with Crippen LogP contribution in [0.4, 0.5) is 0 Å². The second kappa shape index (κ2) is 2.11. The molecule has 1 saturated heterocycles. The molecule has 1 rings (SSSR count). The van der Waals surface area contributed by atoms with Gasteiger partial charge in [-0.25, -0.2) is 0 Å². The van der Waals surface area contributed by atoms with E-state index in [1.54, 1.807) is 0 Å². The van der Waals surface area contributed by atoms with Crippen molar-refractivity contribution >= 4 is 0 Å².